The summed E-state index contributed by atoms with van der Waals surface area (Å²) in [5, 5.41) is 8.92. The standard InChI is InChI=1S/C17H17ClN4O3/c1-3-14-12(9-24-15-8-13(17(19)23)22(2)20-15)16(21-25-14)10-4-6-11(18)7-5-10/h4-8H,3,9H2,1-2H3,(H2,19,23). The van der Waals surface area contributed by atoms with Crippen molar-refractivity contribution < 1.29 is 14.1 Å². The Morgan fingerprint density at radius 1 is 1.36 bits per heavy atom. The van der Waals surface area contributed by atoms with Crippen molar-refractivity contribution in [2.75, 3.05) is 0 Å². The zero-order valence-electron chi connectivity index (χ0n) is 13.8. The van der Waals surface area contributed by atoms with Crippen LogP contribution in [-0.2, 0) is 20.1 Å². The highest BCUT2D eigenvalue weighted by Crippen LogP contribution is 2.28. The molecule has 0 aliphatic carbocycles. The van der Waals surface area contributed by atoms with Crippen LogP contribution in [0.4, 0.5) is 0 Å². The number of aryl methyl sites for hydroxylation is 2. The summed E-state index contributed by atoms with van der Waals surface area (Å²) in [6.45, 7) is 2.18. The minimum Gasteiger partial charge on any atom is -0.471 e. The van der Waals surface area contributed by atoms with Crippen LogP contribution in [0.25, 0.3) is 11.3 Å². The fraction of sp³-hybridized carbons (Fsp3) is 0.235. The second-order valence-electron chi connectivity index (χ2n) is 5.44. The van der Waals surface area contributed by atoms with E-state index in [1.54, 1.807) is 19.2 Å². The van der Waals surface area contributed by atoms with Gasteiger partial charge in [0, 0.05) is 30.1 Å². The maximum Gasteiger partial charge on any atom is 0.267 e. The molecule has 0 atom stereocenters. The molecule has 0 unspecified atom stereocenters. The molecule has 130 valence electrons. The fourth-order valence-electron chi connectivity index (χ4n) is 2.49. The molecule has 1 amide bonds. The zero-order valence-corrected chi connectivity index (χ0v) is 14.6. The van der Waals surface area contributed by atoms with E-state index < -0.39 is 5.91 Å². The summed E-state index contributed by atoms with van der Waals surface area (Å²) in [5.74, 6) is 0.476. The van der Waals surface area contributed by atoms with E-state index in [2.05, 4.69) is 10.3 Å². The Morgan fingerprint density at radius 2 is 2.08 bits per heavy atom. The molecule has 8 heteroatoms. The molecular weight excluding hydrogens is 344 g/mol. The van der Waals surface area contributed by atoms with E-state index in [1.165, 1.54) is 10.7 Å². The molecule has 0 bridgehead atoms. The molecule has 0 spiro atoms. The van der Waals surface area contributed by atoms with Crippen LogP contribution in [0.5, 0.6) is 5.88 Å². The predicted molar refractivity (Wildman–Crippen MR) is 92.4 cm³/mol. The molecule has 0 saturated carbocycles. The first-order valence-corrected chi connectivity index (χ1v) is 8.07. The number of hydrogen-bond donors (Lipinski definition) is 1. The van der Waals surface area contributed by atoms with E-state index in [0.717, 1.165) is 16.9 Å². The number of nitrogens with zero attached hydrogens (tertiary/aromatic N) is 3. The Hall–Kier alpha value is -2.80. The highest BCUT2D eigenvalue weighted by molar-refractivity contribution is 6.30. The van der Waals surface area contributed by atoms with Crippen LogP contribution < -0.4 is 10.5 Å². The van der Waals surface area contributed by atoms with Gasteiger partial charge in [0.05, 0.1) is 5.56 Å². The minimum atomic E-state index is -0.564. The van der Waals surface area contributed by atoms with E-state index >= 15 is 0 Å². The molecule has 2 aromatic heterocycles. The number of benzene rings is 1. The summed E-state index contributed by atoms with van der Waals surface area (Å²) in [5.41, 5.74) is 7.96. The van der Waals surface area contributed by atoms with Crippen molar-refractivity contribution >= 4 is 17.5 Å². The summed E-state index contributed by atoms with van der Waals surface area (Å²) < 4.78 is 12.5. The van der Waals surface area contributed by atoms with Crippen molar-refractivity contribution in [3.8, 4) is 17.1 Å². The number of primary amides is 1. The molecule has 2 N–H and O–H groups in total. The van der Waals surface area contributed by atoms with Gasteiger partial charge in [-0.25, -0.2) is 0 Å². The maximum absolute atomic E-state index is 11.3. The minimum absolute atomic E-state index is 0.208. The number of amides is 1. The number of rotatable bonds is 6. The molecule has 3 aromatic rings. The number of aromatic nitrogens is 3. The average molecular weight is 361 g/mol. The summed E-state index contributed by atoms with van der Waals surface area (Å²) in [6.07, 6.45) is 0.675. The molecule has 25 heavy (non-hydrogen) atoms. The second kappa shape index (κ2) is 6.98. The average Bonchev–Trinajstić information content (AvgIpc) is 3.16. The second-order valence-corrected chi connectivity index (χ2v) is 5.87. The van der Waals surface area contributed by atoms with Crippen LogP contribution in [0.15, 0.2) is 34.9 Å². The number of carbonyl (C=O) groups is 1. The van der Waals surface area contributed by atoms with Crippen LogP contribution in [0, 0.1) is 0 Å². The van der Waals surface area contributed by atoms with Crippen LogP contribution >= 0.6 is 11.6 Å². The molecule has 0 fully saturated rings. The van der Waals surface area contributed by atoms with Crippen molar-refractivity contribution in [2.45, 2.75) is 20.0 Å². The molecular formula is C17H17ClN4O3. The fourth-order valence-corrected chi connectivity index (χ4v) is 2.62. The van der Waals surface area contributed by atoms with E-state index in [1.807, 2.05) is 19.1 Å². The van der Waals surface area contributed by atoms with Crippen molar-refractivity contribution in [1.29, 1.82) is 0 Å². The van der Waals surface area contributed by atoms with Gasteiger partial charge in [-0.05, 0) is 12.1 Å². The molecule has 1 aromatic carbocycles. The van der Waals surface area contributed by atoms with E-state index in [4.69, 9.17) is 26.6 Å². The van der Waals surface area contributed by atoms with Gasteiger partial charge >= 0.3 is 0 Å². The zero-order chi connectivity index (χ0) is 18.0. The lowest BCUT2D eigenvalue weighted by Crippen LogP contribution is -2.15. The Bertz CT molecular complexity index is 899. The van der Waals surface area contributed by atoms with Crippen molar-refractivity contribution in [3.05, 3.63) is 52.4 Å². The van der Waals surface area contributed by atoms with Gasteiger partial charge in [-0.1, -0.05) is 35.8 Å². The smallest absolute Gasteiger partial charge is 0.267 e. The van der Waals surface area contributed by atoms with Gasteiger partial charge in [0.2, 0.25) is 5.88 Å². The lowest BCUT2D eigenvalue weighted by molar-refractivity contribution is 0.0991. The summed E-state index contributed by atoms with van der Waals surface area (Å²) >= 11 is 5.94. The van der Waals surface area contributed by atoms with Crippen LogP contribution in [0.2, 0.25) is 5.02 Å². The van der Waals surface area contributed by atoms with Gasteiger partial charge in [0.15, 0.2) is 0 Å². The number of halogens is 1. The first kappa shape index (κ1) is 17.0. The Balaban J connectivity index is 1.86. The van der Waals surface area contributed by atoms with Crippen molar-refractivity contribution in [2.24, 2.45) is 12.8 Å². The molecule has 0 saturated heterocycles. The van der Waals surface area contributed by atoms with Gasteiger partial charge in [-0.15, -0.1) is 5.10 Å². The maximum atomic E-state index is 11.3. The largest absolute Gasteiger partial charge is 0.471 e. The van der Waals surface area contributed by atoms with Gasteiger partial charge in [0.25, 0.3) is 5.91 Å². The van der Waals surface area contributed by atoms with Crippen molar-refractivity contribution in [3.63, 3.8) is 0 Å². The number of hydrogen-bond acceptors (Lipinski definition) is 5. The Labute approximate surface area is 149 Å². The Kier molecular flexibility index (Phi) is 4.76. The van der Waals surface area contributed by atoms with Gasteiger partial charge < -0.3 is 15.0 Å². The third kappa shape index (κ3) is 3.51. The lowest BCUT2D eigenvalue weighted by atomic mass is 10.1. The van der Waals surface area contributed by atoms with Crippen LogP contribution in [0.1, 0.15) is 28.7 Å². The third-order valence-electron chi connectivity index (χ3n) is 3.78. The molecule has 0 aliphatic heterocycles. The quantitative estimate of drug-likeness (QED) is 0.729. The number of nitrogens with two attached hydrogens (primary N) is 1. The summed E-state index contributed by atoms with van der Waals surface area (Å²) in [7, 11) is 1.63. The van der Waals surface area contributed by atoms with E-state index in [0.29, 0.717) is 23.0 Å². The molecule has 3 rings (SSSR count). The van der Waals surface area contributed by atoms with Gasteiger partial charge in [-0.3, -0.25) is 9.48 Å². The normalized spacial score (nSPS) is 10.8. The number of ether oxygens (including phenoxy) is 1. The topological polar surface area (TPSA) is 96.2 Å². The SMILES string of the molecule is CCc1onc(-c2ccc(Cl)cc2)c1COc1cc(C(N)=O)n(C)n1. The highest BCUT2D eigenvalue weighted by atomic mass is 35.5. The van der Waals surface area contributed by atoms with Crippen LogP contribution in [0.3, 0.4) is 0 Å². The van der Waals surface area contributed by atoms with Gasteiger partial charge in [-0.2, -0.15) is 0 Å². The molecule has 0 aliphatic rings. The monoisotopic (exact) mass is 360 g/mol. The third-order valence-corrected chi connectivity index (χ3v) is 4.03. The molecule has 0 radical (unpaired) electrons. The first-order valence-electron chi connectivity index (χ1n) is 7.69. The molecule has 7 nitrogen and oxygen atoms in total. The summed E-state index contributed by atoms with van der Waals surface area (Å²) in [6, 6.07) is 8.83. The van der Waals surface area contributed by atoms with Crippen molar-refractivity contribution in [1.82, 2.24) is 14.9 Å². The lowest BCUT2D eigenvalue weighted by Gasteiger charge is -2.05. The molecule has 2 heterocycles. The highest BCUT2D eigenvalue weighted by Gasteiger charge is 2.18. The Morgan fingerprint density at radius 3 is 2.68 bits per heavy atom. The van der Waals surface area contributed by atoms with Gasteiger partial charge in [0.1, 0.15) is 23.8 Å². The summed E-state index contributed by atoms with van der Waals surface area (Å²) in [4.78, 5) is 11.3. The predicted octanol–water partition coefficient (Wildman–Crippen LogP) is 2.97. The number of carbonyl (C=O) groups excluding carboxylic acids is 1. The van der Waals surface area contributed by atoms with Crippen LogP contribution in [-0.4, -0.2) is 20.8 Å². The van der Waals surface area contributed by atoms with E-state index in [-0.39, 0.29) is 12.3 Å². The van der Waals surface area contributed by atoms with E-state index in [9.17, 15) is 4.79 Å². The first-order chi connectivity index (χ1) is 12.0.